The summed E-state index contributed by atoms with van der Waals surface area (Å²) in [7, 11) is 0. The van der Waals surface area contributed by atoms with E-state index in [0.717, 1.165) is 29.9 Å². The third-order valence-corrected chi connectivity index (χ3v) is 2.93. The van der Waals surface area contributed by atoms with E-state index in [1.807, 2.05) is 13.8 Å². The van der Waals surface area contributed by atoms with E-state index < -0.39 is 0 Å². The molecule has 3 N–H and O–H groups in total. The predicted octanol–water partition coefficient (Wildman–Crippen LogP) is 0.751. The van der Waals surface area contributed by atoms with Crippen LogP contribution in [0.4, 0.5) is 5.69 Å². The molecule has 0 unspecified atom stereocenters. The van der Waals surface area contributed by atoms with Gasteiger partial charge in [-0.05, 0) is 26.7 Å². The minimum Gasteiger partial charge on any atom is -0.396 e. The number of rotatable bonds is 4. The molecule has 0 aliphatic heterocycles. The number of carbonyl (C=O) groups excluding carboxylic acids is 1. The summed E-state index contributed by atoms with van der Waals surface area (Å²) in [5.41, 5.74) is 8.32. The van der Waals surface area contributed by atoms with Gasteiger partial charge in [-0.1, -0.05) is 0 Å². The molecule has 0 radical (unpaired) electrons. The number of aromatic nitrogens is 2. The van der Waals surface area contributed by atoms with Crippen LogP contribution in [0.1, 0.15) is 30.7 Å². The average molecular weight is 222 g/mol. The molecule has 0 atom stereocenters. The van der Waals surface area contributed by atoms with Crippen LogP contribution in [0.3, 0.4) is 0 Å². The molecule has 0 bridgehead atoms. The number of hydrogen-bond acceptors (Lipinski definition) is 3. The monoisotopic (exact) mass is 222 g/mol. The summed E-state index contributed by atoms with van der Waals surface area (Å²) >= 11 is 0. The van der Waals surface area contributed by atoms with E-state index in [1.54, 1.807) is 4.68 Å². The zero-order chi connectivity index (χ0) is 11.7. The second kappa shape index (κ2) is 4.15. The molecule has 5 heteroatoms. The molecule has 0 spiro atoms. The summed E-state index contributed by atoms with van der Waals surface area (Å²) in [5.74, 6) is 0.105. The van der Waals surface area contributed by atoms with Gasteiger partial charge in [0.2, 0.25) is 5.91 Å². The third-order valence-electron chi connectivity index (χ3n) is 2.93. The highest BCUT2D eigenvalue weighted by Gasteiger charge is 2.23. The lowest BCUT2D eigenvalue weighted by Crippen LogP contribution is -2.26. The summed E-state index contributed by atoms with van der Waals surface area (Å²) in [5, 5.41) is 7.24. The van der Waals surface area contributed by atoms with Crippen molar-refractivity contribution in [1.82, 2.24) is 15.1 Å². The van der Waals surface area contributed by atoms with Gasteiger partial charge in [0.05, 0.1) is 23.6 Å². The first-order valence-electron chi connectivity index (χ1n) is 5.66. The minimum absolute atomic E-state index is 0.105. The Morgan fingerprint density at radius 3 is 2.75 bits per heavy atom. The molecule has 16 heavy (non-hydrogen) atoms. The Hall–Kier alpha value is -1.52. The molecule has 1 saturated carbocycles. The van der Waals surface area contributed by atoms with Crippen LogP contribution in [-0.2, 0) is 11.3 Å². The van der Waals surface area contributed by atoms with Crippen molar-refractivity contribution >= 4 is 11.6 Å². The van der Waals surface area contributed by atoms with Crippen molar-refractivity contribution in [3.8, 4) is 0 Å². The molecular formula is C11H18N4O. The number of carbonyl (C=O) groups is 1. The Kier molecular flexibility index (Phi) is 2.85. The largest absolute Gasteiger partial charge is 0.396 e. The van der Waals surface area contributed by atoms with E-state index in [4.69, 9.17) is 5.73 Å². The molecule has 88 valence electrons. The van der Waals surface area contributed by atoms with E-state index in [0.29, 0.717) is 19.0 Å². The summed E-state index contributed by atoms with van der Waals surface area (Å²) in [6, 6.07) is 0.429. The fourth-order valence-corrected chi connectivity index (χ4v) is 1.66. The van der Waals surface area contributed by atoms with Crippen LogP contribution in [0.5, 0.6) is 0 Å². The molecule has 1 heterocycles. The molecular weight excluding hydrogens is 204 g/mol. The van der Waals surface area contributed by atoms with E-state index in [1.165, 1.54) is 0 Å². The predicted molar refractivity (Wildman–Crippen MR) is 61.9 cm³/mol. The fraction of sp³-hybridized carbons (Fsp3) is 0.636. The highest BCUT2D eigenvalue weighted by atomic mass is 16.1. The van der Waals surface area contributed by atoms with Crippen molar-refractivity contribution in [2.45, 2.75) is 45.7 Å². The number of hydrogen-bond donors (Lipinski definition) is 2. The van der Waals surface area contributed by atoms with Crippen molar-refractivity contribution in [3.05, 3.63) is 11.4 Å². The number of nitrogens with two attached hydrogens (primary N) is 1. The van der Waals surface area contributed by atoms with E-state index >= 15 is 0 Å². The zero-order valence-corrected chi connectivity index (χ0v) is 9.79. The van der Waals surface area contributed by atoms with Gasteiger partial charge < -0.3 is 11.1 Å². The van der Waals surface area contributed by atoms with Crippen molar-refractivity contribution in [3.63, 3.8) is 0 Å². The topological polar surface area (TPSA) is 72.9 Å². The van der Waals surface area contributed by atoms with Gasteiger partial charge in [0.25, 0.3) is 0 Å². The Labute approximate surface area is 95.0 Å². The first kappa shape index (κ1) is 11.0. The second-order valence-electron chi connectivity index (χ2n) is 4.40. The van der Waals surface area contributed by atoms with Gasteiger partial charge in [0.15, 0.2) is 0 Å². The highest BCUT2D eigenvalue weighted by Crippen LogP contribution is 2.19. The van der Waals surface area contributed by atoms with Gasteiger partial charge in [0.1, 0.15) is 0 Å². The Morgan fingerprint density at radius 2 is 2.25 bits per heavy atom. The fourth-order valence-electron chi connectivity index (χ4n) is 1.66. The summed E-state index contributed by atoms with van der Waals surface area (Å²) < 4.78 is 1.80. The Morgan fingerprint density at radius 1 is 1.56 bits per heavy atom. The molecule has 1 aromatic rings. The quantitative estimate of drug-likeness (QED) is 0.789. The number of nitrogen functional groups attached to an aromatic ring is 1. The zero-order valence-electron chi connectivity index (χ0n) is 9.79. The normalized spacial score (nSPS) is 15.1. The maximum atomic E-state index is 11.5. The molecule has 0 saturated heterocycles. The standard InChI is InChI=1S/C11H18N4O/c1-7-11(12)8(2)15(14-7)6-5-10(16)13-9-3-4-9/h9H,3-6,12H2,1-2H3,(H,13,16). The molecule has 2 rings (SSSR count). The van der Waals surface area contributed by atoms with Gasteiger partial charge in [-0.3, -0.25) is 9.48 Å². The van der Waals surface area contributed by atoms with Gasteiger partial charge >= 0.3 is 0 Å². The Balaban J connectivity index is 1.88. The highest BCUT2D eigenvalue weighted by molar-refractivity contribution is 5.76. The summed E-state index contributed by atoms with van der Waals surface area (Å²) in [6.07, 6.45) is 2.72. The average Bonchev–Trinajstić information content (AvgIpc) is 3.01. The van der Waals surface area contributed by atoms with Gasteiger partial charge in [-0.2, -0.15) is 5.10 Å². The lowest BCUT2D eigenvalue weighted by atomic mass is 10.3. The van der Waals surface area contributed by atoms with Crippen molar-refractivity contribution in [1.29, 1.82) is 0 Å². The van der Waals surface area contributed by atoms with Crippen molar-refractivity contribution < 1.29 is 4.79 Å². The van der Waals surface area contributed by atoms with Crippen molar-refractivity contribution in [2.75, 3.05) is 5.73 Å². The summed E-state index contributed by atoms with van der Waals surface area (Å²) in [4.78, 5) is 11.5. The lowest BCUT2D eigenvalue weighted by molar-refractivity contribution is -0.121. The third kappa shape index (κ3) is 2.35. The molecule has 1 aliphatic carbocycles. The maximum absolute atomic E-state index is 11.5. The Bertz CT molecular complexity index is 406. The van der Waals surface area contributed by atoms with Crippen LogP contribution < -0.4 is 11.1 Å². The van der Waals surface area contributed by atoms with Crippen molar-refractivity contribution in [2.24, 2.45) is 0 Å². The van der Waals surface area contributed by atoms with E-state index in [9.17, 15) is 4.79 Å². The number of aryl methyl sites for hydroxylation is 2. The molecule has 5 nitrogen and oxygen atoms in total. The van der Waals surface area contributed by atoms with Crippen LogP contribution in [0.2, 0.25) is 0 Å². The van der Waals surface area contributed by atoms with Crippen LogP contribution in [-0.4, -0.2) is 21.7 Å². The second-order valence-corrected chi connectivity index (χ2v) is 4.40. The van der Waals surface area contributed by atoms with E-state index in [2.05, 4.69) is 10.4 Å². The van der Waals surface area contributed by atoms with Gasteiger partial charge in [-0.25, -0.2) is 0 Å². The molecule has 1 aliphatic rings. The lowest BCUT2D eigenvalue weighted by Gasteiger charge is -2.05. The smallest absolute Gasteiger partial charge is 0.222 e. The SMILES string of the molecule is Cc1nn(CCC(=O)NC2CC2)c(C)c1N. The number of nitrogens with zero attached hydrogens (tertiary/aromatic N) is 2. The van der Waals surface area contributed by atoms with Gasteiger partial charge in [-0.15, -0.1) is 0 Å². The first-order chi connectivity index (χ1) is 7.58. The summed E-state index contributed by atoms with van der Waals surface area (Å²) in [6.45, 7) is 4.40. The molecule has 1 fully saturated rings. The van der Waals surface area contributed by atoms with Crippen LogP contribution >= 0.6 is 0 Å². The number of anilines is 1. The van der Waals surface area contributed by atoms with Gasteiger partial charge in [0, 0.05) is 12.5 Å². The minimum atomic E-state index is 0.105. The molecule has 1 amide bonds. The maximum Gasteiger partial charge on any atom is 0.222 e. The van der Waals surface area contributed by atoms with Crippen LogP contribution in [0.15, 0.2) is 0 Å². The molecule has 1 aromatic heterocycles. The number of nitrogens with one attached hydrogen (secondary N) is 1. The van der Waals surface area contributed by atoms with Crippen LogP contribution in [0.25, 0.3) is 0 Å². The first-order valence-corrected chi connectivity index (χ1v) is 5.66. The van der Waals surface area contributed by atoms with E-state index in [-0.39, 0.29) is 5.91 Å². The molecule has 0 aromatic carbocycles. The van der Waals surface area contributed by atoms with Crippen LogP contribution in [0, 0.1) is 13.8 Å². The number of amides is 1.